The maximum atomic E-state index is 13.4. The highest BCUT2D eigenvalue weighted by Gasteiger charge is 2.12. The van der Waals surface area contributed by atoms with E-state index in [0.29, 0.717) is 11.8 Å². The fourth-order valence-corrected chi connectivity index (χ4v) is 1.75. The van der Waals surface area contributed by atoms with Gasteiger partial charge in [0.2, 0.25) is 5.91 Å². The summed E-state index contributed by atoms with van der Waals surface area (Å²) in [5.41, 5.74) is -0.266. The molecule has 1 aromatic carbocycles. The molecular formula is C15H14F2N2O3. The molecule has 5 nitrogen and oxygen atoms in total. The molecule has 0 radical (unpaired) electrons. The molecule has 0 aliphatic carbocycles. The van der Waals surface area contributed by atoms with Gasteiger partial charge in [0.1, 0.15) is 17.4 Å². The maximum absolute atomic E-state index is 13.4. The van der Waals surface area contributed by atoms with Gasteiger partial charge in [-0.15, -0.1) is 0 Å². The van der Waals surface area contributed by atoms with Crippen LogP contribution in [0.15, 0.2) is 41.0 Å². The minimum Gasteiger partial charge on any atom is -0.467 e. The van der Waals surface area contributed by atoms with Crippen molar-refractivity contribution in [1.82, 2.24) is 10.6 Å². The van der Waals surface area contributed by atoms with Crippen LogP contribution in [0.2, 0.25) is 0 Å². The molecule has 0 unspecified atom stereocenters. The van der Waals surface area contributed by atoms with Crippen LogP contribution in [-0.2, 0) is 11.3 Å². The van der Waals surface area contributed by atoms with Crippen LogP contribution in [0.4, 0.5) is 8.78 Å². The van der Waals surface area contributed by atoms with Gasteiger partial charge in [-0.1, -0.05) is 0 Å². The monoisotopic (exact) mass is 308 g/mol. The number of halogens is 2. The molecule has 2 N–H and O–H groups in total. The number of nitrogens with one attached hydrogen (secondary N) is 2. The third-order valence-electron chi connectivity index (χ3n) is 2.85. The highest BCUT2D eigenvalue weighted by atomic mass is 19.1. The molecule has 116 valence electrons. The van der Waals surface area contributed by atoms with Crippen molar-refractivity contribution < 1.29 is 22.8 Å². The number of rotatable bonds is 6. The molecule has 0 bridgehead atoms. The lowest BCUT2D eigenvalue weighted by molar-refractivity contribution is -0.121. The predicted molar refractivity (Wildman–Crippen MR) is 73.9 cm³/mol. The SMILES string of the molecule is O=C(CCNC(=O)c1ccc(F)cc1F)NCc1ccco1. The molecule has 1 heterocycles. The van der Waals surface area contributed by atoms with Crippen LogP contribution < -0.4 is 10.6 Å². The Morgan fingerprint density at radius 2 is 1.95 bits per heavy atom. The number of amides is 2. The van der Waals surface area contributed by atoms with Crippen LogP contribution in [0.3, 0.4) is 0 Å². The molecule has 2 aromatic rings. The first kappa shape index (κ1) is 15.7. The molecule has 2 rings (SSSR count). The minimum absolute atomic E-state index is 0.0370. The number of carbonyl (C=O) groups is 2. The summed E-state index contributed by atoms with van der Waals surface area (Å²) in [6.07, 6.45) is 1.54. The summed E-state index contributed by atoms with van der Waals surface area (Å²) in [7, 11) is 0. The number of benzene rings is 1. The molecule has 2 amide bonds. The molecule has 0 atom stereocenters. The molecule has 0 aliphatic heterocycles. The van der Waals surface area contributed by atoms with E-state index in [1.807, 2.05) is 0 Å². The van der Waals surface area contributed by atoms with Crippen molar-refractivity contribution in [2.75, 3.05) is 6.54 Å². The summed E-state index contributed by atoms with van der Waals surface area (Å²) in [5, 5.41) is 5.01. The van der Waals surface area contributed by atoms with Crippen molar-refractivity contribution in [1.29, 1.82) is 0 Å². The van der Waals surface area contributed by atoms with E-state index in [4.69, 9.17) is 4.42 Å². The van der Waals surface area contributed by atoms with Gasteiger partial charge in [0.15, 0.2) is 0 Å². The first-order valence-electron chi connectivity index (χ1n) is 6.58. The molecule has 0 saturated carbocycles. The molecule has 0 aliphatic rings. The van der Waals surface area contributed by atoms with Crippen molar-refractivity contribution in [2.45, 2.75) is 13.0 Å². The van der Waals surface area contributed by atoms with Gasteiger partial charge in [-0.3, -0.25) is 9.59 Å². The fourth-order valence-electron chi connectivity index (χ4n) is 1.75. The molecule has 0 spiro atoms. The Bertz CT molecular complexity index is 657. The average molecular weight is 308 g/mol. The van der Waals surface area contributed by atoms with Gasteiger partial charge in [0, 0.05) is 19.0 Å². The Morgan fingerprint density at radius 3 is 2.64 bits per heavy atom. The van der Waals surface area contributed by atoms with E-state index in [1.165, 1.54) is 6.26 Å². The largest absolute Gasteiger partial charge is 0.467 e. The lowest BCUT2D eigenvalue weighted by Crippen LogP contribution is -2.30. The van der Waals surface area contributed by atoms with E-state index in [1.54, 1.807) is 12.1 Å². The van der Waals surface area contributed by atoms with E-state index < -0.39 is 17.5 Å². The Morgan fingerprint density at radius 1 is 1.14 bits per heavy atom. The predicted octanol–water partition coefficient (Wildman–Crippen LogP) is 1.99. The third-order valence-corrected chi connectivity index (χ3v) is 2.85. The summed E-state index contributed by atoms with van der Waals surface area (Å²) in [6, 6.07) is 6.11. The molecule has 7 heteroatoms. The number of furan rings is 1. The van der Waals surface area contributed by atoms with Crippen LogP contribution in [0.5, 0.6) is 0 Å². The normalized spacial score (nSPS) is 10.3. The van der Waals surface area contributed by atoms with Crippen LogP contribution in [0.25, 0.3) is 0 Å². The van der Waals surface area contributed by atoms with Crippen LogP contribution >= 0.6 is 0 Å². The molecule has 1 aromatic heterocycles. The highest BCUT2D eigenvalue weighted by molar-refractivity contribution is 5.94. The highest BCUT2D eigenvalue weighted by Crippen LogP contribution is 2.09. The number of hydrogen-bond acceptors (Lipinski definition) is 3. The maximum Gasteiger partial charge on any atom is 0.254 e. The average Bonchev–Trinajstić information content (AvgIpc) is 2.98. The van der Waals surface area contributed by atoms with Crippen molar-refractivity contribution in [3.63, 3.8) is 0 Å². The van der Waals surface area contributed by atoms with Gasteiger partial charge < -0.3 is 15.1 Å². The van der Waals surface area contributed by atoms with E-state index in [-0.39, 0.29) is 31.0 Å². The molecule has 0 saturated heterocycles. The summed E-state index contributed by atoms with van der Waals surface area (Å²) in [4.78, 5) is 23.2. The third kappa shape index (κ3) is 4.41. The minimum atomic E-state index is -0.945. The molecule has 22 heavy (non-hydrogen) atoms. The van der Waals surface area contributed by atoms with Gasteiger partial charge in [0.25, 0.3) is 5.91 Å². The number of hydrogen-bond donors (Lipinski definition) is 2. The summed E-state index contributed by atoms with van der Waals surface area (Å²) >= 11 is 0. The van der Waals surface area contributed by atoms with Crippen LogP contribution in [0.1, 0.15) is 22.5 Å². The van der Waals surface area contributed by atoms with Gasteiger partial charge >= 0.3 is 0 Å². The standard InChI is InChI=1S/C15H14F2N2O3/c16-10-3-4-12(13(17)8-10)15(21)18-6-5-14(20)19-9-11-2-1-7-22-11/h1-4,7-8H,5-6,9H2,(H,18,21)(H,19,20). The Balaban J connectivity index is 1.73. The second-order valence-corrected chi connectivity index (χ2v) is 4.49. The van der Waals surface area contributed by atoms with Gasteiger partial charge in [-0.25, -0.2) is 8.78 Å². The van der Waals surface area contributed by atoms with Crippen molar-refractivity contribution >= 4 is 11.8 Å². The topological polar surface area (TPSA) is 71.3 Å². The zero-order valence-electron chi connectivity index (χ0n) is 11.6. The second-order valence-electron chi connectivity index (χ2n) is 4.49. The van der Waals surface area contributed by atoms with Crippen LogP contribution in [0, 0.1) is 11.6 Å². The van der Waals surface area contributed by atoms with E-state index in [9.17, 15) is 18.4 Å². The van der Waals surface area contributed by atoms with Crippen LogP contribution in [-0.4, -0.2) is 18.4 Å². The first-order chi connectivity index (χ1) is 10.6. The van der Waals surface area contributed by atoms with Crippen molar-refractivity contribution in [3.05, 3.63) is 59.6 Å². The Labute approximate surface area is 125 Å². The summed E-state index contributed by atoms with van der Waals surface area (Å²) in [6.45, 7) is 0.298. The quantitative estimate of drug-likeness (QED) is 0.857. The lowest BCUT2D eigenvalue weighted by atomic mass is 10.2. The smallest absolute Gasteiger partial charge is 0.254 e. The fraction of sp³-hybridized carbons (Fsp3) is 0.200. The molecule has 0 fully saturated rings. The Hall–Kier alpha value is -2.70. The Kier molecular flexibility index (Phi) is 5.24. The van der Waals surface area contributed by atoms with E-state index in [2.05, 4.69) is 10.6 Å². The number of carbonyl (C=O) groups excluding carboxylic acids is 2. The van der Waals surface area contributed by atoms with E-state index >= 15 is 0 Å². The molecular weight excluding hydrogens is 294 g/mol. The summed E-state index contributed by atoms with van der Waals surface area (Å²) < 4.78 is 31.2. The first-order valence-corrected chi connectivity index (χ1v) is 6.58. The van der Waals surface area contributed by atoms with Gasteiger partial charge in [-0.05, 0) is 24.3 Å². The zero-order valence-corrected chi connectivity index (χ0v) is 11.6. The van der Waals surface area contributed by atoms with E-state index in [0.717, 1.165) is 12.1 Å². The lowest BCUT2D eigenvalue weighted by Gasteiger charge is -2.06. The van der Waals surface area contributed by atoms with Crippen molar-refractivity contribution in [3.8, 4) is 0 Å². The zero-order chi connectivity index (χ0) is 15.9. The summed E-state index contributed by atoms with van der Waals surface area (Å²) in [5.74, 6) is -2.07. The second kappa shape index (κ2) is 7.35. The van der Waals surface area contributed by atoms with Crippen molar-refractivity contribution in [2.24, 2.45) is 0 Å². The van der Waals surface area contributed by atoms with Gasteiger partial charge in [0.05, 0.1) is 18.4 Å². The van der Waals surface area contributed by atoms with Gasteiger partial charge in [-0.2, -0.15) is 0 Å².